The van der Waals surface area contributed by atoms with Crippen LogP contribution in [0.25, 0.3) is 0 Å². The number of carbonyl (C=O) groups is 7. The van der Waals surface area contributed by atoms with Crippen molar-refractivity contribution in [1.82, 2.24) is 4.98 Å². The average Bonchev–Trinajstić information content (AvgIpc) is 1.10. The summed E-state index contributed by atoms with van der Waals surface area (Å²) in [6.45, 7) is 2.55. The number of phenolic OH excluding ortho intramolecular Hbond substituents is 3. The second kappa shape index (κ2) is 52.6. The molecule has 3 N–H and O–H groups in total. The van der Waals surface area contributed by atoms with E-state index in [4.69, 9.17) is 79.1 Å². The predicted molar refractivity (Wildman–Crippen MR) is 378 cm³/mol. The Morgan fingerprint density at radius 3 is 0.758 bits per heavy atom. The molecule has 0 amide bonds. The van der Waals surface area contributed by atoms with Crippen LogP contribution in [-0.4, -0.2) is 114 Å². The Labute approximate surface area is 593 Å². The van der Waals surface area contributed by atoms with Gasteiger partial charge < -0.3 is 67.4 Å². The maximum Gasteiger partial charge on any atom is 0.513 e. The molecule has 1 heterocycles. The van der Waals surface area contributed by atoms with Crippen molar-refractivity contribution in [3.8, 4) is 40.2 Å². The van der Waals surface area contributed by atoms with Gasteiger partial charge in [0.2, 0.25) is 0 Å². The zero-order valence-electron chi connectivity index (χ0n) is 51.7. The molecular weight excluding hydrogens is 1350 g/mol. The molecule has 534 valence electrons. The van der Waals surface area contributed by atoms with E-state index in [1.54, 1.807) is 165 Å². The van der Waals surface area contributed by atoms with Crippen LogP contribution in [0.4, 0.5) is 28.8 Å². The van der Waals surface area contributed by atoms with Crippen LogP contribution in [-0.2, 0) is 82.9 Å². The largest absolute Gasteiger partial charge is 0.513 e. The van der Waals surface area contributed by atoms with E-state index in [1.165, 1.54) is 6.92 Å². The van der Waals surface area contributed by atoms with Gasteiger partial charge in [-0.1, -0.05) is 121 Å². The number of halogens is 3. The second-order valence-corrected chi connectivity index (χ2v) is 20.4. The van der Waals surface area contributed by atoms with Gasteiger partial charge in [-0.2, -0.15) is 0 Å². The van der Waals surface area contributed by atoms with E-state index in [0.29, 0.717) is 62.2 Å². The first-order chi connectivity index (χ1) is 45.8. The molecule has 0 aliphatic carbocycles. The van der Waals surface area contributed by atoms with Crippen molar-refractivity contribution in [2.75, 3.05) is 53.4 Å². The van der Waals surface area contributed by atoms with E-state index >= 15 is 0 Å². The molecule has 0 aliphatic heterocycles. The monoisotopic (exact) mass is 1430 g/mol. The standard InChI is InChI=1S/C38H38O12.C17H18O5.C9H9ClO3.C5H5N.CCl2O.4CH4/c1-27(39)48-33-13-5-29(6-14-33)19-23-44-36(40)45-24-20-30-7-15-34(16-8-30)49-38(42)47-26-22-31-9-17-35(18-10-31)50-37(41)46-25-21-28-3-11-32(43-2)12-4-28;18-15-5-1-13(2-6-15)9-11-21-17(20)22-12-10-14-3-7-16(19)8-4-14;10-9(12)13-6-5-7-1-3-8(11)4-2-7;1-2-4-6-5-3-1;2-1(3)4;;;;/h3-18H,19-26H2,1-2H3;1-8,18-19H,9-12H2;1-4,11H,5-6H2;1-5H;;4*1H4. The predicted octanol–water partition coefficient (Wildman–Crippen LogP) is 17.6. The summed E-state index contributed by atoms with van der Waals surface area (Å²) in [6.07, 6.45) is 4.00. The maximum absolute atomic E-state index is 12.1. The topological polar surface area (TPSA) is 295 Å². The smallest absolute Gasteiger partial charge is 0.508 e. The molecule has 0 fully saturated rings. The molecule has 0 spiro atoms. The van der Waals surface area contributed by atoms with E-state index in [9.17, 15) is 28.8 Å². The number of carbonyl (C=O) groups excluding carboxylic acids is 7. The number of hydrogen-bond donors (Lipinski definition) is 3. The van der Waals surface area contributed by atoms with Gasteiger partial charge >= 0.3 is 40.7 Å². The quantitative estimate of drug-likeness (QED) is 0.0157. The number of ether oxygens (including phenoxy) is 11. The van der Waals surface area contributed by atoms with Gasteiger partial charge in [-0.05, 0) is 159 Å². The number of rotatable bonds is 25. The van der Waals surface area contributed by atoms with Gasteiger partial charge in [0.05, 0.1) is 53.4 Å². The average molecular weight is 1430 g/mol. The van der Waals surface area contributed by atoms with Crippen LogP contribution >= 0.6 is 34.8 Å². The highest BCUT2D eigenvalue weighted by molar-refractivity contribution is 6.93. The third kappa shape index (κ3) is 43.3. The first kappa shape index (κ1) is 88.4. The summed E-state index contributed by atoms with van der Waals surface area (Å²) >= 11 is 13.8. The summed E-state index contributed by atoms with van der Waals surface area (Å²) in [5, 5.41) is 27.3. The maximum atomic E-state index is 12.1. The summed E-state index contributed by atoms with van der Waals surface area (Å²) in [6, 6.07) is 53.7. The third-order valence-corrected chi connectivity index (χ3v) is 12.3. The van der Waals surface area contributed by atoms with Gasteiger partial charge in [0.15, 0.2) is 0 Å². The fourth-order valence-corrected chi connectivity index (χ4v) is 7.61. The fourth-order valence-electron chi connectivity index (χ4n) is 7.53. The number of esters is 1. The minimum Gasteiger partial charge on any atom is -0.508 e. The van der Waals surface area contributed by atoms with E-state index in [1.807, 2.05) is 42.5 Å². The lowest BCUT2D eigenvalue weighted by Crippen LogP contribution is -2.13. The summed E-state index contributed by atoms with van der Waals surface area (Å²) in [4.78, 5) is 81.4. The Morgan fingerprint density at radius 2 is 0.545 bits per heavy atom. The molecule has 0 saturated heterocycles. The highest BCUT2D eigenvalue weighted by atomic mass is 35.5. The number of hydrogen-bond acceptors (Lipinski definition) is 22. The van der Waals surface area contributed by atoms with E-state index in [-0.39, 0.29) is 93.2 Å². The van der Waals surface area contributed by atoms with Crippen molar-refractivity contribution in [3.05, 3.63) is 239 Å². The minimum atomic E-state index is -0.889. The van der Waals surface area contributed by atoms with Crippen LogP contribution in [0.2, 0.25) is 0 Å². The van der Waals surface area contributed by atoms with Crippen molar-refractivity contribution < 1.29 is 101 Å². The first-order valence-electron chi connectivity index (χ1n) is 29.0. The van der Waals surface area contributed by atoms with Gasteiger partial charge in [0, 0.05) is 75.9 Å². The van der Waals surface area contributed by atoms with Crippen LogP contribution < -0.4 is 18.9 Å². The molecule has 0 radical (unpaired) electrons. The van der Waals surface area contributed by atoms with E-state index in [0.717, 1.165) is 44.7 Å². The number of aromatic nitrogens is 1. The third-order valence-electron chi connectivity index (χ3n) is 12.2. The Bertz CT molecular complexity index is 3430. The van der Waals surface area contributed by atoms with Crippen molar-refractivity contribution in [2.24, 2.45) is 0 Å². The zero-order chi connectivity index (χ0) is 68.8. The van der Waals surface area contributed by atoms with Crippen LogP contribution in [0.3, 0.4) is 0 Å². The number of nitrogens with zero attached hydrogens (tertiary/aromatic N) is 1. The van der Waals surface area contributed by atoms with Crippen molar-refractivity contribution in [3.63, 3.8) is 0 Å². The van der Waals surface area contributed by atoms with Crippen LogP contribution in [0.15, 0.2) is 200 Å². The molecule has 8 rings (SSSR count). The Kier molecular flexibility index (Phi) is 47.0. The van der Waals surface area contributed by atoms with E-state index in [2.05, 4.69) is 32.9 Å². The van der Waals surface area contributed by atoms with E-state index < -0.39 is 40.7 Å². The van der Waals surface area contributed by atoms with Gasteiger partial charge in [-0.3, -0.25) is 14.6 Å². The van der Waals surface area contributed by atoms with Crippen molar-refractivity contribution in [2.45, 2.75) is 81.6 Å². The fraction of sp³-hybridized carbons (Fsp3) is 0.270. The van der Waals surface area contributed by atoms with Gasteiger partial charge in [0.1, 0.15) is 40.2 Å². The SMILES string of the molecule is C.C.C.C.COc1ccc(CCOC(=O)Oc2ccc(CCOC(=O)Oc3ccc(CCOC(=O)OCCc4ccc(OC(C)=O)cc4)cc3)cc2)cc1.O=C(Cl)Cl.O=C(Cl)OCCc1ccc(O)cc1.O=C(OCCc1ccc(O)cc1)OCCc1ccc(O)cc1.c1ccncc1. The summed E-state index contributed by atoms with van der Waals surface area (Å²) in [5.41, 5.74) is 5.76. The molecule has 25 heteroatoms. The zero-order valence-corrected chi connectivity index (χ0v) is 54.0. The van der Waals surface area contributed by atoms with Crippen LogP contribution in [0, 0.1) is 0 Å². The molecule has 22 nitrogen and oxygen atoms in total. The number of methoxy groups -OCH3 is 1. The lowest BCUT2D eigenvalue weighted by atomic mass is 10.1. The van der Waals surface area contributed by atoms with Crippen molar-refractivity contribution >= 4 is 75.5 Å². The molecule has 0 atom stereocenters. The van der Waals surface area contributed by atoms with Crippen LogP contribution in [0.1, 0.15) is 75.6 Å². The molecular formula is C74H86Cl3NO21. The number of benzene rings is 7. The Hall–Kier alpha value is -10.6. The Morgan fingerprint density at radius 1 is 0.323 bits per heavy atom. The van der Waals surface area contributed by atoms with Crippen LogP contribution in [0.5, 0.6) is 40.2 Å². The highest BCUT2D eigenvalue weighted by Crippen LogP contribution is 2.19. The lowest BCUT2D eigenvalue weighted by molar-refractivity contribution is -0.131. The first-order valence-corrected chi connectivity index (χ1v) is 30.2. The molecule has 8 aromatic rings. The summed E-state index contributed by atoms with van der Waals surface area (Å²) in [5.74, 6) is 2.08. The van der Waals surface area contributed by atoms with Gasteiger partial charge in [0.25, 0.3) is 0 Å². The molecule has 0 unspecified atom stereocenters. The number of pyridine rings is 1. The summed E-state index contributed by atoms with van der Waals surface area (Å²) in [7, 11) is 1.60. The highest BCUT2D eigenvalue weighted by Gasteiger charge is 2.11. The molecule has 0 bridgehead atoms. The molecule has 0 saturated carbocycles. The molecule has 99 heavy (non-hydrogen) atoms. The molecule has 1 aromatic heterocycles. The molecule has 0 aliphatic rings. The second-order valence-electron chi connectivity index (χ2n) is 19.3. The normalized spacial score (nSPS) is 9.51. The minimum absolute atomic E-state index is 0. The van der Waals surface area contributed by atoms with Gasteiger partial charge in [-0.25, -0.2) is 24.0 Å². The lowest BCUT2D eigenvalue weighted by Gasteiger charge is -2.09. The number of phenols is 3. The number of aromatic hydroxyl groups is 3. The van der Waals surface area contributed by atoms with Gasteiger partial charge in [-0.15, -0.1) is 0 Å². The molecule has 7 aromatic carbocycles. The van der Waals surface area contributed by atoms with Crippen molar-refractivity contribution in [1.29, 1.82) is 0 Å². The summed E-state index contributed by atoms with van der Waals surface area (Å²) < 4.78 is 54.7. The Balaban J connectivity index is 0.00000160.